The lowest BCUT2D eigenvalue weighted by molar-refractivity contribution is 0.214. The van der Waals surface area contributed by atoms with Crippen molar-refractivity contribution in [2.45, 2.75) is 31.2 Å². The minimum absolute atomic E-state index is 0.359. The normalized spacial score (nSPS) is 19.1. The summed E-state index contributed by atoms with van der Waals surface area (Å²) in [6.07, 6.45) is 4.22. The number of pyridine rings is 1. The van der Waals surface area contributed by atoms with Gasteiger partial charge in [-0.3, -0.25) is 9.88 Å². The van der Waals surface area contributed by atoms with Crippen LogP contribution in [0.15, 0.2) is 36.5 Å². The summed E-state index contributed by atoms with van der Waals surface area (Å²) in [5, 5.41) is 5.26. The van der Waals surface area contributed by atoms with Gasteiger partial charge in [0.1, 0.15) is 0 Å². The zero-order chi connectivity index (χ0) is 13.9. The van der Waals surface area contributed by atoms with Gasteiger partial charge in [0.05, 0.1) is 5.52 Å². The molecule has 1 N–H and O–H groups in total. The quantitative estimate of drug-likeness (QED) is 0.848. The number of likely N-dealkylation sites (tertiary alicyclic amines) is 1. The third-order valence-corrected chi connectivity index (χ3v) is 4.39. The first-order valence-corrected chi connectivity index (χ1v) is 7.78. The van der Waals surface area contributed by atoms with Crippen molar-refractivity contribution in [1.29, 1.82) is 0 Å². The number of aromatic nitrogens is 1. The third kappa shape index (κ3) is 2.91. The molecule has 4 heteroatoms. The highest BCUT2D eigenvalue weighted by molar-refractivity contribution is 7.80. The van der Waals surface area contributed by atoms with Crippen LogP contribution >= 0.6 is 12.6 Å². The van der Waals surface area contributed by atoms with Gasteiger partial charge in [-0.1, -0.05) is 18.2 Å². The van der Waals surface area contributed by atoms with E-state index in [0.29, 0.717) is 11.4 Å². The Morgan fingerprint density at radius 1 is 1.25 bits per heavy atom. The van der Waals surface area contributed by atoms with Crippen molar-refractivity contribution in [2.24, 2.45) is 0 Å². The number of nitrogens with zero attached hydrogens (tertiary/aromatic N) is 2. The lowest BCUT2D eigenvalue weighted by Gasteiger charge is -2.34. The van der Waals surface area contributed by atoms with Gasteiger partial charge in [-0.05, 0) is 31.9 Å². The first-order valence-electron chi connectivity index (χ1n) is 7.26. The van der Waals surface area contributed by atoms with Crippen LogP contribution in [0.3, 0.4) is 0 Å². The Hall–Kier alpha value is -1.26. The third-order valence-electron chi connectivity index (χ3n) is 4.07. The van der Waals surface area contributed by atoms with Crippen molar-refractivity contribution in [2.75, 3.05) is 18.4 Å². The average molecular weight is 287 g/mol. The van der Waals surface area contributed by atoms with Crippen molar-refractivity contribution in [1.82, 2.24) is 9.88 Å². The van der Waals surface area contributed by atoms with E-state index < -0.39 is 0 Å². The van der Waals surface area contributed by atoms with Crippen LogP contribution in [0, 0.1) is 0 Å². The molecule has 20 heavy (non-hydrogen) atoms. The van der Waals surface area contributed by atoms with Crippen molar-refractivity contribution < 1.29 is 0 Å². The summed E-state index contributed by atoms with van der Waals surface area (Å²) in [6.45, 7) is 4.38. The number of hydrogen-bond acceptors (Lipinski definition) is 4. The van der Waals surface area contributed by atoms with Gasteiger partial charge in [0.25, 0.3) is 0 Å². The number of anilines is 1. The molecule has 1 unspecified atom stereocenters. The molecule has 2 heterocycles. The van der Waals surface area contributed by atoms with Crippen molar-refractivity contribution in [3.05, 3.63) is 36.5 Å². The van der Waals surface area contributed by atoms with Crippen LogP contribution in [0.25, 0.3) is 10.9 Å². The van der Waals surface area contributed by atoms with E-state index in [1.165, 1.54) is 23.9 Å². The number of thiol groups is 1. The number of nitrogens with one attached hydrogen (secondary N) is 1. The van der Waals surface area contributed by atoms with Crippen LogP contribution in [0.1, 0.15) is 19.8 Å². The van der Waals surface area contributed by atoms with Gasteiger partial charge in [-0.25, -0.2) is 0 Å². The summed E-state index contributed by atoms with van der Waals surface area (Å²) in [6, 6.07) is 10.9. The zero-order valence-electron chi connectivity index (χ0n) is 11.8. The topological polar surface area (TPSA) is 28.2 Å². The summed E-state index contributed by atoms with van der Waals surface area (Å²) < 4.78 is 0. The first kappa shape index (κ1) is 13.7. The minimum Gasteiger partial charge on any atom is -0.382 e. The second kappa shape index (κ2) is 6.02. The van der Waals surface area contributed by atoms with E-state index >= 15 is 0 Å². The second-order valence-corrected chi connectivity index (χ2v) is 6.21. The number of hydrogen-bond donors (Lipinski definition) is 2. The van der Waals surface area contributed by atoms with Crippen molar-refractivity contribution >= 4 is 29.2 Å². The van der Waals surface area contributed by atoms with Gasteiger partial charge in [0.15, 0.2) is 0 Å². The van der Waals surface area contributed by atoms with Crippen LogP contribution in [0.2, 0.25) is 0 Å². The summed E-state index contributed by atoms with van der Waals surface area (Å²) in [5.41, 5.74) is 2.26. The molecule has 1 atom stereocenters. The Labute approximate surface area is 125 Å². The van der Waals surface area contributed by atoms with Gasteiger partial charge in [-0.15, -0.1) is 0 Å². The number of para-hydroxylation sites is 1. The van der Waals surface area contributed by atoms with Gasteiger partial charge < -0.3 is 5.32 Å². The molecule has 0 spiro atoms. The molecule has 0 amide bonds. The van der Waals surface area contributed by atoms with E-state index in [9.17, 15) is 0 Å². The highest BCUT2D eigenvalue weighted by Crippen LogP contribution is 2.24. The van der Waals surface area contributed by atoms with Gasteiger partial charge in [0, 0.05) is 41.8 Å². The maximum atomic E-state index is 4.52. The Balaban J connectivity index is 1.72. The number of benzene rings is 1. The van der Waals surface area contributed by atoms with Crippen LogP contribution in [-0.2, 0) is 0 Å². The van der Waals surface area contributed by atoms with Gasteiger partial charge in [0.2, 0.25) is 0 Å². The fourth-order valence-corrected chi connectivity index (χ4v) is 3.09. The van der Waals surface area contributed by atoms with Crippen LogP contribution in [0.4, 0.5) is 5.69 Å². The van der Waals surface area contributed by atoms with Crippen molar-refractivity contribution in [3.63, 3.8) is 0 Å². The predicted octanol–water partition coefficient (Wildman–Crippen LogP) is 3.39. The van der Waals surface area contributed by atoms with E-state index in [0.717, 1.165) is 18.6 Å². The largest absolute Gasteiger partial charge is 0.382 e. The summed E-state index contributed by atoms with van der Waals surface area (Å²) in [5.74, 6) is 0. The van der Waals surface area contributed by atoms with Gasteiger partial charge >= 0.3 is 0 Å². The molecule has 106 valence electrons. The fourth-order valence-electron chi connectivity index (χ4n) is 2.86. The van der Waals surface area contributed by atoms with Crippen molar-refractivity contribution in [3.8, 4) is 0 Å². The zero-order valence-corrected chi connectivity index (χ0v) is 12.7. The standard InChI is InChI=1S/C16H21N3S/c1-12(20)19-10-7-13(8-11-19)18-16-6-9-17-15-5-3-2-4-14(15)16/h2-6,9,12-13,20H,7-8,10-11H2,1H3,(H,17,18). The molecule has 3 nitrogen and oxygen atoms in total. The molecule has 2 aromatic rings. The number of rotatable bonds is 3. The highest BCUT2D eigenvalue weighted by atomic mass is 32.1. The molecule has 1 aliphatic rings. The Kier molecular flexibility index (Phi) is 4.13. The summed E-state index contributed by atoms with van der Waals surface area (Å²) in [4.78, 5) is 6.83. The molecule has 1 aromatic heterocycles. The van der Waals surface area contributed by atoms with E-state index in [1.807, 2.05) is 12.3 Å². The maximum absolute atomic E-state index is 4.52. The summed E-state index contributed by atoms with van der Waals surface area (Å²) in [7, 11) is 0. The molecule has 1 fully saturated rings. The number of fused-ring (bicyclic) bond motifs is 1. The van der Waals surface area contributed by atoms with E-state index in [2.05, 4.69) is 59.0 Å². The molecule has 0 saturated carbocycles. The minimum atomic E-state index is 0.359. The molecular formula is C16H21N3S. The smallest absolute Gasteiger partial charge is 0.0722 e. The molecule has 0 radical (unpaired) electrons. The van der Waals surface area contributed by atoms with E-state index in [1.54, 1.807) is 0 Å². The Bertz CT molecular complexity index is 571. The maximum Gasteiger partial charge on any atom is 0.0722 e. The second-order valence-electron chi connectivity index (χ2n) is 5.46. The Morgan fingerprint density at radius 3 is 2.75 bits per heavy atom. The molecule has 3 rings (SSSR count). The number of piperidine rings is 1. The van der Waals surface area contributed by atoms with Crippen LogP contribution in [-0.4, -0.2) is 34.4 Å². The molecular weight excluding hydrogens is 266 g/mol. The molecule has 1 aliphatic heterocycles. The van der Waals surface area contributed by atoms with Crippen LogP contribution in [0.5, 0.6) is 0 Å². The average Bonchev–Trinajstić information content (AvgIpc) is 2.48. The van der Waals surface area contributed by atoms with Crippen LogP contribution < -0.4 is 5.32 Å². The lowest BCUT2D eigenvalue weighted by Crippen LogP contribution is -2.41. The fraction of sp³-hybridized carbons (Fsp3) is 0.438. The molecule has 0 aliphatic carbocycles. The van der Waals surface area contributed by atoms with E-state index in [4.69, 9.17) is 0 Å². The van der Waals surface area contributed by atoms with Gasteiger partial charge in [-0.2, -0.15) is 12.6 Å². The summed E-state index contributed by atoms with van der Waals surface area (Å²) >= 11 is 4.52. The first-order chi connectivity index (χ1) is 9.74. The van der Waals surface area contributed by atoms with E-state index in [-0.39, 0.29) is 0 Å². The molecule has 1 aromatic carbocycles. The molecule has 0 bridgehead atoms. The monoisotopic (exact) mass is 287 g/mol. The Morgan fingerprint density at radius 2 is 2.00 bits per heavy atom. The lowest BCUT2D eigenvalue weighted by atomic mass is 10.0. The predicted molar refractivity (Wildman–Crippen MR) is 88.4 cm³/mol. The molecule has 1 saturated heterocycles. The highest BCUT2D eigenvalue weighted by Gasteiger charge is 2.21. The SMILES string of the molecule is CC(S)N1CCC(Nc2ccnc3ccccc23)CC1.